The van der Waals surface area contributed by atoms with Crippen molar-refractivity contribution in [1.29, 1.82) is 0 Å². The lowest BCUT2D eigenvalue weighted by molar-refractivity contribution is -0.144. The molecule has 0 spiro atoms. The minimum Gasteiger partial charge on any atom is -0.497 e. The lowest BCUT2D eigenvalue weighted by Crippen LogP contribution is -2.54. The smallest absolute Gasteiger partial charge is 0.329 e. The molecule has 1 heterocycles. The predicted octanol–water partition coefficient (Wildman–Crippen LogP) is 3.57. The average molecular weight is 402 g/mol. The molecule has 2 rings (SSSR count). The van der Waals surface area contributed by atoms with Crippen molar-refractivity contribution in [1.82, 2.24) is 9.88 Å². The van der Waals surface area contributed by atoms with Gasteiger partial charge in [-0.05, 0) is 42.8 Å². The van der Waals surface area contributed by atoms with Crippen molar-refractivity contribution in [2.75, 3.05) is 7.11 Å². The molecule has 0 aliphatic rings. The van der Waals surface area contributed by atoms with Gasteiger partial charge in [0.1, 0.15) is 16.9 Å². The standard InChI is InChI=1S/C22H30N2O5/c1-5-8-9-12-24-18-14-16(29-4)11-10-15(18)13-17(20(24)26)19(25)23-22(6-2,7-3)21(27)28/h10-11,13-14H,5-9,12H2,1-4H3,(H,23,25)(H,27,28). The highest BCUT2D eigenvalue weighted by atomic mass is 16.5. The number of hydrogen-bond donors (Lipinski definition) is 2. The Balaban J connectivity index is 2.58. The molecule has 2 aromatic rings. The van der Waals surface area contributed by atoms with Crippen LogP contribution in [0.2, 0.25) is 0 Å². The summed E-state index contributed by atoms with van der Waals surface area (Å²) in [5.41, 5.74) is -1.18. The number of aryl methyl sites for hydroxylation is 1. The van der Waals surface area contributed by atoms with Crippen LogP contribution in [0.1, 0.15) is 63.2 Å². The normalized spacial score (nSPS) is 11.4. The van der Waals surface area contributed by atoms with Crippen molar-refractivity contribution >= 4 is 22.8 Å². The third-order valence-corrected chi connectivity index (χ3v) is 5.50. The fourth-order valence-electron chi connectivity index (χ4n) is 3.45. The summed E-state index contributed by atoms with van der Waals surface area (Å²) in [7, 11) is 1.56. The molecule has 2 N–H and O–H groups in total. The molecule has 0 aliphatic heterocycles. The maximum atomic E-state index is 13.2. The molecular formula is C22H30N2O5. The topological polar surface area (TPSA) is 97.6 Å². The average Bonchev–Trinajstić information content (AvgIpc) is 2.72. The van der Waals surface area contributed by atoms with E-state index in [1.54, 1.807) is 43.7 Å². The number of carbonyl (C=O) groups excluding carboxylic acids is 1. The van der Waals surface area contributed by atoms with Crippen LogP contribution in [0.15, 0.2) is 29.1 Å². The Kier molecular flexibility index (Phi) is 7.42. The Morgan fingerprint density at radius 1 is 1.14 bits per heavy atom. The Morgan fingerprint density at radius 3 is 2.38 bits per heavy atom. The zero-order valence-electron chi connectivity index (χ0n) is 17.6. The van der Waals surface area contributed by atoms with Crippen LogP contribution >= 0.6 is 0 Å². The third kappa shape index (κ3) is 4.60. The number of fused-ring (bicyclic) bond motifs is 1. The van der Waals surface area contributed by atoms with Crippen LogP contribution in [0.25, 0.3) is 10.9 Å². The van der Waals surface area contributed by atoms with Gasteiger partial charge in [-0.25, -0.2) is 4.79 Å². The van der Waals surface area contributed by atoms with E-state index >= 15 is 0 Å². The van der Waals surface area contributed by atoms with Crippen LogP contribution in [0.5, 0.6) is 5.75 Å². The molecule has 0 aliphatic carbocycles. The molecule has 1 aromatic carbocycles. The van der Waals surface area contributed by atoms with Gasteiger partial charge in [0, 0.05) is 12.6 Å². The molecule has 0 saturated carbocycles. The second kappa shape index (κ2) is 9.58. The number of rotatable bonds is 10. The molecule has 0 atom stereocenters. The summed E-state index contributed by atoms with van der Waals surface area (Å²) >= 11 is 0. The van der Waals surface area contributed by atoms with E-state index in [9.17, 15) is 19.5 Å². The predicted molar refractivity (Wildman–Crippen MR) is 113 cm³/mol. The maximum absolute atomic E-state index is 13.2. The Bertz CT molecular complexity index is 944. The van der Waals surface area contributed by atoms with Gasteiger partial charge >= 0.3 is 5.97 Å². The molecule has 1 aromatic heterocycles. The monoisotopic (exact) mass is 402 g/mol. The molecular weight excluding hydrogens is 372 g/mol. The minimum atomic E-state index is -1.40. The van der Waals surface area contributed by atoms with Gasteiger partial charge in [-0.3, -0.25) is 9.59 Å². The fraction of sp³-hybridized carbons (Fsp3) is 0.500. The van der Waals surface area contributed by atoms with E-state index in [1.807, 2.05) is 0 Å². The van der Waals surface area contributed by atoms with Crippen LogP contribution in [0, 0.1) is 0 Å². The highest BCUT2D eigenvalue weighted by molar-refractivity contribution is 6.00. The first-order chi connectivity index (χ1) is 13.8. The Labute approximate surface area is 170 Å². The van der Waals surface area contributed by atoms with Crippen molar-refractivity contribution in [3.8, 4) is 5.75 Å². The van der Waals surface area contributed by atoms with E-state index in [1.165, 1.54) is 6.07 Å². The summed E-state index contributed by atoms with van der Waals surface area (Å²) < 4.78 is 6.87. The quantitative estimate of drug-likeness (QED) is 0.592. The second-order valence-electron chi connectivity index (χ2n) is 7.20. The van der Waals surface area contributed by atoms with E-state index < -0.39 is 23.0 Å². The number of amides is 1. The van der Waals surface area contributed by atoms with Crippen molar-refractivity contribution in [3.05, 3.63) is 40.2 Å². The molecule has 0 fully saturated rings. The fourth-order valence-corrected chi connectivity index (χ4v) is 3.45. The first-order valence-electron chi connectivity index (χ1n) is 10.1. The largest absolute Gasteiger partial charge is 0.497 e. The molecule has 7 nitrogen and oxygen atoms in total. The lowest BCUT2D eigenvalue weighted by atomic mass is 9.92. The van der Waals surface area contributed by atoms with Crippen molar-refractivity contribution in [3.63, 3.8) is 0 Å². The van der Waals surface area contributed by atoms with Crippen LogP contribution in [0.4, 0.5) is 0 Å². The number of carboxylic acids is 1. The third-order valence-electron chi connectivity index (χ3n) is 5.50. The van der Waals surface area contributed by atoms with Crippen LogP contribution in [0.3, 0.4) is 0 Å². The van der Waals surface area contributed by atoms with Gasteiger partial charge in [-0.15, -0.1) is 0 Å². The molecule has 0 saturated heterocycles. The number of nitrogens with one attached hydrogen (secondary N) is 1. The SMILES string of the molecule is CCCCCn1c(=O)c(C(=O)NC(CC)(CC)C(=O)O)cc2ccc(OC)cc21. The summed E-state index contributed by atoms with van der Waals surface area (Å²) in [4.78, 5) is 37.9. The lowest BCUT2D eigenvalue weighted by Gasteiger charge is -2.28. The van der Waals surface area contributed by atoms with Gasteiger partial charge in [0.05, 0.1) is 12.6 Å². The van der Waals surface area contributed by atoms with E-state index in [-0.39, 0.29) is 18.4 Å². The highest BCUT2D eigenvalue weighted by Gasteiger charge is 2.37. The zero-order valence-corrected chi connectivity index (χ0v) is 17.6. The number of pyridine rings is 1. The molecule has 0 radical (unpaired) electrons. The van der Waals surface area contributed by atoms with Crippen molar-refractivity contribution < 1.29 is 19.4 Å². The summed E-state index contributed by atoms with van der Waals surface area (Å²) in [6.07, 6.45) is 3.21. The number of benzene rings is 1. The van der Waals surface area contributed by atoms with E-state index in [0.29, 0.717) is 17.8 Å². The van der Waals surface area contributed by atoms with Gasteiger partial charge in [-0.2, -0.15) is 0 Å². The summed E-state index contributed by atoms with van der Waals surface area (Å²) in [5.74, 6) is -1.15. The van der Waals surface area contributed by atoms with Gasteiger partial charge in [0.15, 0.2) is 0 Å². The van der Waals surface area contributed by atoms with E-state index in [2.05, 4.69) is 12.2 Å². The first-order valence-corrected chi connectivity index (χ1v) is 10.1. The molecule has 158 valence electrons. The zero-order chi connectivity index (χ0) is 21.6. The highest BCUT2D eigenvalue weighted by Crippen LogP contribution is 2.22. The van der Waals surface area contributed by atoms with Crippen LogP contribution in [-0.4, -0.2) is 34.2 Å². The number of aromatic nitrogens is 1. The number of unbranched alkanes of at least 4 members (excludes halogenated alkanes) is 2. The van der Waals surface area contributed by atoms with Gasteiger partial charge in [0.25, 0.3) is 11.5 Å². The minimum absolute atomic E-state index is 0.0494. The summed E-state index contributed by atoms with van der Waals surface area (Å²) in [6, 6.07) is 6.87. The number of aliphatic carboxylic acids is 1. The number of ether oxygens (including phenoxy) is 1. The van der Waals surface area contributed by atoms with Crippen molar-refractivity contribution in [2.24, 2.45) is 0 Å². The molecule has 1 amide bonds. The molecule has 0 bridgehead atoms. The Morgan fingerprint density at radius 2 is 1.83 bits per heavy atom. The molecule has 29 heavy (non-hydrogen) atoms. The van der Waals surface area contributed by atoms with Crippen LogP contribution < -0.4 is 15.6 Å². The number of methoxy groups -OCH3 is 1. The molecule has 0 unspecified atom stereocenters. The van der Waals surface area contributed by atoms with Crippen LogP contribution in [-0.2, 0) is 11.3 Å². The maximum Gasteiger partial charge on any atom is 0.329 e. The summed E-state index contributed by atoms with van der Waals surface area (Å²) in [6.45, 7) is 5.96. The van der Waals surface area contributed by atoms with Gasteiger partial charge in [-0.1, -0.05) is 33.6 Å². The van der Waals surface area contributed by atoms with Gasteiger partial charge in [0.2, 0.25) is 0 Å². The van der Waals surface area contributed by atoms with E-state index in [4.69, 9.17) is 4.74 Å². The number of hydrogen-bond acceptors (Lipinski definition) is 4. The number of carboxylic acid groups (broad SMARTS) is 1. The van der Waals surface area contributed by atoms with E-state index in [0.717, 1.165) is 24.6 Å². The Hall–Kier alpha value is -2.83. The summed E-state index contributed by atoms with van der Waals surface area (Å²) in [5, 5.41) is 12.9. The number of carbonyl (C=O) groups is 2. The molecule has 7 heteroatoms. The second-order valence-corrected chi connectivity index (χ2v) is 7.20. The van der Waals surface area contributed by atoms with Crippen molar-refractivity contribution in [2.45, 2.75) is 65.0 Å². The van der Waals surface area contributed by atoms with Gasteiger partial charge < -0.3 is 19.7 Å². The number of nitrogens with zero attached hydrogens (tertiary/aromatic N) is 1. The first kappa shape index (κ1) is 22.5.